The molecule has 0 heterocycles. The predicted molar refractivity (Wildman–Crippen MR) is 85.3 cm³/mol. The maximum Gasteiger partial charge on any atom is 0.242 e. The van der Waals surface area contributed by atoms with Crippen molar-refractivity contribution in [2.75, 3.05) is 6.61 Å². The third-order valence-electron chi connectivity index (χ3n) is 3.21. The number of aliphatic hydroxyl groups excluding tert-OH is 1. The molecule has 6 heteroatoms. The SMILES string of the molecule is CC(CO)(NS(=O)(=O)c1ccccc1Br)c1ccccc1. The highest BCUT2D eigenvalue weighted by atomic mass is 79.9. The minimum atomic E-state index is -3.77. The van der Waals surface area contributed by atoms with Crippen LogP contribution in [0, 0.1) is 0 Å². The second kappa shape index (κ2) is 6.27. The van der Waals surface area contributed by atoms with Gasteiger partial charge in [-0.1, -0.05) is 42.5 Å². The minimum absolute atomic E-state index is 0.139. The third kappa shape index (κ3) is 3.52. The zero-order valence-electron chi connectivity index (χ0n) is 11.5. The highest BCUT2D eigenvalue weighted by Gasteiger charge is 2.32. The molecule has 2 rings (SSSR count). The average Bonchev–Trinajstić information content (AvgIpc) is 2.48. The van der Waals surface area contributed by atoms with Gasteiger partial charge >= 0.3 is 0 Å². The fraction of sp³-hybridized carbons (Fsp3) is 0.200. The molecule has 0 aromatic heterocycles. The van der Waals surface area contributed by atoms with E-state index in [-0.39, 0.29) is 11.5 Å². The Morgan fingerprint density at radius 1 is 1.10 bits per heavy atom. The zero-order valence-corrected chi connectivity index (χ0v) is 13.9. The summed E-state index contributed by atoms with van der Waals surface area (Å²) in [5.74, 6) is 0. The summed E-state index contributed by atoms with van der Waals surface area (Å²) in [5.41, 5.74) is -0.391. The highest BCUT2D eigenvalue weighted by Crippen LogP contribution is 2.26. The molecule has 0 bridgehead atoms. The number of rotatable bonds is 5. The Kier molecular flexibility index (Phi) is 4.83. The molecule has 0 fully saturated rings. The average molecular weight is 370 g/mol. The van der Waals surface area contributed by atoms with Crippen molar-refractivity contribution in [3.63, 3.8) is 0 Å². The van der Waals surface area contributed by atoms with E-state index in [1.54, 1.807) is 49.4 Å². The summed E-state index contributed by atoms with van der Waals surface area (Å²) in [5, 5.41) is 9.68. The molecule has 1 unspecified atom stereocenters. The first-order chi connectivity index (χ1) is 9.89. The van der Waals surface area contributed by atoms with E-state index in [1.807, 2.05) is 6.07 Å². The van der Waals surface area contributed by atoms with Crippen LogP contribution in [0.4, 0.5) is 0 Å². The molecule has 21 heavy (non-hydrogen) atoms. The van der Waals surface area contributed by atoms with Gasteiger partial charge in [0, 0.05) is 4.47 Å². The lowest BCUT2D eigenvalue weighted by Crippen LogP contribution is -2.46. The van der Waals surface area contributed by atoms with Gasteiger partial charge in [-0.2, -0.15) is 4.72 Å². The van der Waals surface area contributed by atoms with Gasteiger partial charge in [-0.25, -0.2) is 8.42 Å². The van der Waals surface area contributed by atoms with E-state index in [1.165, 1.54) is 6.07 Å². The molecule has 2 aromatic carbocycles. The number of nitrogens with one attached hydrogen (secondary N) is 1. The Morgan fingerprint density at radius 3 is 2.24 bits per heavy atom. The summed E-state index contributed by atoms with van der Waals surface area (Å²) in [6.45, 7) is 1.30. The third-order valence-corrected chi connectivity index (χ3v) is 5.82. The molecule has 1 atom stereocenters. The Hall–Kier alpha value is -1.21. The summed E-state index contributed by atoms with van der Waals surface area (Å²) < 4.78 is 28.2. The van der Waals surface area contributed by atoms with E-state index < -0.39 is 15.6 Å². The highest BCUT2D eigenvalue weighted by molar-refractivity contribution is 9.10. The van der Waals surface area contributed by atoms with Crippen molar-refractivity contribution in [3.8, 4) is 0 Å². The van der Waals surface area contributed by atoms with Crippen LogP contribution in [0.5, 0.6) is 0 Å². The van der Waals surface area contributed by atoms with Crippen molar-refractivity contribution < 1.29 is 13.5 Å². The number of benzene rings is 2. The van der Waals surface area contributed by atoms with E-state index >= 15 is 0 Å². The van der Waals surface area contributed by atoms with Gasteiger partial charge in [-0.05, 0) is 40.5 Å². The maximum absolute atomic E-state index is 12.5. The molecule has 0 aliphatic carbocycles. The Morgan fingerprint density at radius 2 is 1.67 bits per heavy atom. The van der Waals surface area contributed by atoms with Crippen molar-refractivity contribution in [1.82, 2.24) is 4.72 Å². The molecule has 0 saturated heterocycles. The minimum Gasteiger partial charge on any atom is -0.394 e. The fourth-order valence-electron chi connectivity index (χ4n) is 2.00. The van der Waals surface area contributed by atoms with Gasteiger partial charge in [0.25, 0.3) is 0 Å². The molecule has 0 aliphatic rings. The largest absolute Gasteiger partial charge is 0.394 e. The van der Waals surface area contributed by atoms with Gasteiger partial charge in [0.1, 0.15) is 0 Å². The Bertz CT molecular complexity index is 719. The molecule has 0 saturated carbocycles. The standard InChI is InChI=1S/C15H16BrNO3S/c1-15(11-18,12-7-3-2-4-8-12)17-21(19,20)14-10-6-5-9-13(14)16/h2-10,17-18H,11H2,1H3. The van der Waals surface area contributed by atoms with Crippen LogP contribution < -0.4 is 4.72 Å². The van der Waals surface area contributed by atoms with Crippen LogP contribution in [-0.2, 0) is 15.6 Å². The number of aliphatic hydroxyl groups is 1. The monoisotopic (exact) mass is 369 g/mol. The lowest BCUT2D eigenvalue weighted by molar-refractivity contribution is 0.196. The molecule has 0 radical (unpaired) electrons. The van der Waals surface area contributed by atoms with Crippen LogP contribution >= 0.6 is 15.9 Å². The molecule has 2 aromatic rings. The first-order valence-electron chi connectivity index (χ1n) is 6.34. The second-order valence-electron chi connectivity index (χ2n) is 4.89. The molecule has 4 nitrogen and oxygen atoms in total. The quantitative estimate of drug-likeness (QED) is 0.851. The predicted octanol–water partition coefficient (Wildman–Crippen LogP) is 2.64. The number of halogens is 1. The summed E-state index contributed by atoms with van der Waals surface area (Å²) in [4.78, 5) is 0.139. The summed E-state index contributed by atoms with van der Waals surface area (Å²) >= 11 is 3.24. The second-order valence-corrected chi connectivity index (χ2v) is 7.40. The van der Waals surface area contributed by atoms with Crippen molar-refractivity contribution in [3.05, 3.63) is 64.6 Å². The van der Waals surface area contributed by atoms with Crippen molar-refractivity contribution >= 4 is 26.0 Å². The molecule has 0 spiro atoms. The molecular weight excluding hydrogens is 354 g/mol. The van der Waals surface area contributed by atoms with Crippen molar-refractivity contribution in [2.24, 2.45) is 0 Å². The van der Waals surface area contributed by atoms with E-state index in [0.29, 0.717) is 10.0 Å². The summed E-state index contributed by atoms with van der Waals surface area (Å²) in [6, 6.07) is 15.6. The van der Waals surface area contributed by atoms with Crippen LogP contribution in [-0.4, -0.2) is 20.1 Å². The summed E-state index contributed by atoms with van der Waals surface area (Å²) in [6.07, 6.45) is 0. The van der Waals surface area contributed by atoms with Gasteiger partial charge in [-0.15, -0.1) is 0 Å². The van der Waals surface area contributed by atoms with Gasteiger partial charge in [0.05, 0.1) is 17.0 Å². The number of hydrogen-bond donors (Lipinski definition) is 2. The Balaban J connectivity index is 2.41. The lowest BCUT2D eigenvalue weighted by Gasteiger charge is -2.29. The van der Waals surface area contributed by atoms with Gasteiger partial charge in [-0.3, -0.25) is 0 Å². The first kappa shape index (κ1) is 16.2. The van der Waals surface area contributed by atoms with Gasteiger partial charge in [0.15, 0.2) is 0 Å². The van der Waals surface area contributed by atoms with E-state index in [9.17, 15) is 13.5 Å². The van der Waals surface area contributed by atoms with Crippen LogP contribution in [0.1, 0.15) is 12.5 Å². The topological polar surface area (TPSA) is 66.4 Å². The first-order valence-corrected chi connectivity index (χ1v) is 8.61. The zero-order chi connectivity index (χ0) is 15.5. The van der Waals surface area contributed by atoms with Crippen LogP contribution in [0.2, 0.25) is 0 Å². The van der Waals surface area contributed by atoms with Gasteiger partial charge < -0.3 is 5.11 Å². The molecular formula is C15H16BrNO3S. The van der Waals surface area contributed by atoms with Crippen molar-refractivity contribution in [2.45, 2.75) is 17.4 Å². The van der Waals surface area contributed by atoms with Crippen LogP contribution in [0.25, 0.3) is 0 Å². The summed E-state index contributed by atoms with van der Waals surface area (Å²) in [7, 11) is -3.77. The van der Waals surface area contributed by atoms with Crippen LogP contribution in [0.3, 0.4) is 0 Å². The normalized spacial score (nSPS) is 14.6. The van der Waals surface area contributed by atoms with Gasteiger partial charge in [0.2, 0.25) is 10.0 Å². The number of hydrogen-bond acceptors (Lipinski definition) is 3. The van der Waals surface area contributed by atoms with Crippen LogP contribution in [0.15, 0.2) is 64.0 Å². The van der Waals surface area contributed by atoms with E-state index in [2.05, 4.69) is 20.7 Å². The smallest absolute Gasteiger partial charge is 0.242 e. The lowest BCUT2D eigenvalue weighted by atomic mass is 9.94. The molecule has 0 amide bonds. The fourth-order valence-corrected chi connectivity index (χ4v) is 4.39. The van der Waals surface area contributed by atoms with E-state index in [0.717, 1.165) is 0 Å². The number of sulfonamides is 1. The molecule has 2 N–H and O–H groups in total. The maximum atomic E-state index is 12.5. The Labute approximate surface area is 133 Å². The molecule has 112 valence electrons. The van der Waals surface area contributed by atoms with Crippen molar-refractivity contribution in [1.29, 1.82) is 0 Å². The van der Waals surface area contributed by atoms with E-state index in [4.69, 9.17) is 0 Å². The molecule has 0 aliphatic heterocycles.